The lowest BCUT2D eigenvalue weighted by atomic mass is 10.1. The van der Waals surface area contributed by atoms with E-state index in [1.165, 1.54) is 0 Å². The Morgan fingerprint density at radius 3 is 1.67 bits per heavy atom. The fourth-order valence-electron chi connectivity index (χ4n) is 1.36. The number of hydrogen-bond acceptors (Lipinski definition) is 3. The Morgan fingerprint density at radius 2 is 1.38 bits per heavy atom. The molecule has 0 aliphatic rings. The molecule has 1 aromatic carbocycles. The zero-order valence-electron chi connectivity index (χ0n) is 10.2. The second-order valence-corrected chi connectivity index (χ2v) is 4.72. The number of alkyl halides is 7. The van der Waals surface area contributed by atoms with E-state index in [4.69, 9.17) is 0 Å². The van der Waals surface area contributed by atoms with Gasteiger partial charge in [0.25, 0.3) is 0 Å². The Bertz CT molecular complexity index is 491. The molecule has 0 radical (unpaired) electrons. The zero-order valence-corrected chi connectivity index (χ0v) is 11.8. The molecule has 0 amide bonds. The van der Waals surface area contributed by atoms with Gasteiger partial charge in [-0.2, -0.15) is 0 Å². The highest BCUT2D eigenvalue weighted by Crippen LogP contribution is 2.35. The highest BCUT2D eigenvalue weighted by atomic mass is 79.9. The summed E-state index contributed by atoms with van der Waals surface area (Å²) >= 11 is 2.85. The van der Waals surface area contributed by atoms with Crippen LogP contribution in [0.2, 0.25) is 0 Å². The highest BCUT2D eigenvalue weighted by Gasteiger charge is 2.34. The van der Waals surface area contributed by atoms with Gasteiger partial charge in [-0.25, -0.2) is 0 Å². The summed E-state index contributed by atoms with van der Waals surface area (Å²) in [5, 5.41) is 0. The van der Waals surface area contributed by atoms with E-state index in [2.05, 4.69) is 25.4 Å². The Hall–Kier alpha value is -1.45. The molecular weight excluding hydrogens is 374 g/mol. The van der Waals surface area contributed by atoms with Crippen molar-refractivity contribution in [3.05, 3.63) is 23.8 Å². The summed E-state index contributed by atoms with van der Waals surface area (Å²) in [7, 11) is 0. The van der Waals surface area contributed by atoms with Crippen LogP contribution in [0.25, 0.3) is 0 Å². The first kappa shape index (κ1) is 17.6. The van der Waals surface area contributed by atoms with Crippen molar-refractivity contribution in [1.29, 1.82) is 0 Å². The summed E-state index contributed by atoms with van der Waals surface area (Å²) in [6.07, 6.45) is -10.2. The van der Waals surface area contributed by atoms with Crippen LogP contribution in [0, 0.1) is 0 Å². The van der Waals surface area contributed by atoms with Crippen molar-refractivity contribution in [2.45, 2.75) is 24.5 Å². The van der Waals surface area contributed by atoms with Gasteiger partial charge in [0.05, 0.1) is 4.83 Å². The maximum atomic E-state index is 12.1. The Kier molecular flexibility index (Phi) is 5.13. The first-order valence-corrected chi connectivity index (χ1v) is 6.10. The van der Waals surface area contributed by atoms with Crippen LogP contribution in [0.1, 0.15) is 17.3 Å². The van der Waals surface area contributed by atoms with Crippen molar-refractivity contribution in [2.24, 2.45) is 0 Å². The number of Topliss-reactive ketones (excluding diaryl/α,β-unsaturated/α-hetero) is 1. The van der Waals surface area contributed by atoms with Crippen LogP contribution in [-0.2, 0) is 4.79 Å². The maximum Gasteiger partial charge on any atom is 0.573 e. The van der Waals surface area contributed by atoms with Crippen molar-refractivity contribution in [3.63, 3.8) is 0 Å². The molecule has 0 aliphatic heterocycles. The average molecular weight is 381 g/mol. The third-order valence-corrected chi connectivity index (χ3v) is 3.19. The van der Waals surface area contributed by atoms with Gasteiger partial charge in [0.1, 0.15) is 17.3 Å². The van der Waals surface area contributed by atoms with E-state index in [1.54, 1.807) is 0 Å². The quantitative estimate of drug-likeness (QED) is 0.569. The van der Waals surface area contributed by atoms with Gasteiger partial charge in [0, 0.05) is 6.07 Å². The molecule has 0 saturated heterocycles. The standard InChI is InChI=1S/C11H7BrF6O3/c1-5(19)9(12)6-2-7(20-10(13,14)15)4-8(3-6)21-11(16,17)18/h2-4,9H,1H3. The second-order valence-electron chi connectivity index (χ2n) is 3.81. The highest BCUT2D eigenvalue weighted by molar-refractivity contribution is 9.09. The minimum atomic E-state index is -5.09. The predicted octanol–water partition coefficient (Wildman–Crippen LogP) is 4.51. The fourth-order valence-corrected chi connectivity index (χ4v) is 1.62. The van der Waals surface area contributed by atoms with Gasteiger partial charge in [0.15, 0.2) is 0 Å². The van der Waals surface area contributed by atoms with Gasteiger partial charge in [0.2, 0.25) is 0 Å². The van der Waals surface area contributed by atoms with E-state index in [-0.39, 0.29) is 5.56 Å². The summed E-state index contributed by atoms with van der Waals surface area (Å²) in [4.78, 5) is 10.1. The number of carbonyl (C=O) groups is 1. The lowest BCUT2D eigenvalue weighted by Gasteiger charge is -2.15. The lowest BCUT2D eigenvalue weighted by molar-refractivity contribution is -0.276. The molecule has 0 aliphatic carbocycles. The monoisotopic (exact) mass is 380 g/mol. The normalized spacial score (nSPS) is 13.7. The van der Waals surface area contributed by atoms with Crippen molar-refractivity contribution < 1.29 is 40.6 Å². The first-order valence-electron chi connectivity index (χ1n) is 5.18. The molecule has 0 saturated carbocycles. The molecule has 0 spiro atoms. The van der Waals surface area contributed by atoms with Crippen molar-refractivity contribution in [1.82, 2.24) is 0 Å². The molecule has 0 fully saturated rings. The van der Waals surface area contributed by atoms with Crippen LogP contribution in [0.4, 0.5) is 26.3 Å². The largest absolute Gasteiger partial charge is 0.573 e. The van der Waals surface area contributed by atoms with E-state index in [0.29, 0.717) is 6.07 Å². The Labute approximate surface area is 123 Å². The number of ether oxygens (including phenoxy) is 2. The number of hydrogen-bond donors (Lipinski definition) is 0. The SMILES string of the molecule is CC(=O)C(Br)c1cc(OC(F)(F)F)cc(OC(F)(F)F)c1. The van der Waals surface area contributed by atoms with Crippen molar-refractivity contribution >= 4 is 21.7 Å². The lowest BCUT2D eigenvalue weighted by Crippen LogP contribution is -2.19. The summed E-state index contributed by atoms with van der Waals surface area (Å²) in [6, 6.07) is 2.00. The fraction of sp³-hybridized carbons (Fsp3) is 0.364. The average Bonchev–Trinajstić information content (AvgIpc) is 2.22. The molecule has 3 nitrogen and oxygen atoms in total. The summed E-state index contributed by atoms with van der Waals surface area (Å²) in [5.41, 5.74) is -0.163. The molecule has 1 aromatic rings. The maximum absolute atomic E-state index is 12.1. The van der Waals surface area contributed by atoms with E-state index in [9.17, 15) is 31.1 Å². The third kappa shape index (κ3) is 6.23. The van der Waals surface area contributed by atoms with Crippen LogP contribution in [0.15, 0.2) is 18.2 Å². The molecule has 0 bridgehead atoms. The molecule has 1 rings (SSSR count). The molecule has 1 unspecified atom stereocenters. The van der Waals surface area contributed by atoms with E-state index < -0.39 is 34.8 Å². The van der Waals surface area contributed by atoms with Crippen LogP contribution in [0.5, 0.6) is 11.5 Å². The molecule has 0 aromatic heterocycles. The minimum Gasteiger partial charge on any atom is -0.406 e. The summed E-state index contributed by atoms with van der Waals surface area (Å²) < 4.78 is 79.9. The summed E-state index contributed by atoms with van der Waals surface area (Å²) in [6.45, 7) is 1.11. The first-order chi connectivity index (χ1) is 9.37. The molecule has 10 heteroatoms. The topological polar surface area (TPSA) is 35.5 Å². The van der Waals surface area contributed by atoms with Gasteiger partial charge in [-0.3, -0.25) is 4.79 Å². The molecule has 21 heavy (non-hydrogen) atoms. The second kappa shape index (κ2) is 6.12. The predicted molar refractivity (Wildman–Crippen MR) is 62.2 cm³/mol. The van der Waals surface area contributed by atoms with Crippen LogP contribution >= 0.6 is 15.9 Å². The molecule has 0 heterocycles. The van der Waals surface area contributed by atoms with Crippen LogP contribution in [0.3, 0.4) is 0 Å². The molecule has 0 N–H and O–H groups in total. The van der Waals surface area contributed by atoms with E-state index in [1.807, 2.05) is 0 Å². The zero-order chi connectivity index (χ0) is 16.4. The van der Waals surface area contributed by atoms with Gasteiger partial charge < -0.3 is 9.47 Å². The van der Waals surface area contributed by atoms with Gasteiger partial charge in [-0.05, 0) is 24.6 Å². The molecule has 118 valence electrons. The number of halogens is 7. The van der Waals surface area contributed by atoms with Gasteiger partial charge in [-0.1, -0.05) is 15.9 Å². The van der Waals surface area contributed by atoms with Crippen molar-refractivity contribution in [3.8, 4) is 11.5 Å². The number of carbonyl (C=O) groups excluding carboxylic acids is 1. The summed E-state index contributed by atoms with van der Waals surface area (Å²) in [5.74, 6) is -2.37. The Morgan fingerprint density at radius 1 is 1.00 bits per heavy atom. The van der Waals surface area contributed by atoms with E-state index >= 15 is 0 Å². The molecule has 1 atom stereocenters. The Balaban J connectivity index is 3.22. The number of rotatable bonds is 4. The minimum absolute atomic E-state index is 0.163. The van der Waals surface area contributed by atoms with Crippen LogP contribution < -0.4 is 9.47 Å². The van der Waals surface area contributed by atoms with Crippen LogP contribution in [-0.4, -0.2) is 18.5 Å². The smallest absolute Gasteiger partial charge is 0.406 e. The number of ketones is 1. The van der Waals surface area contributed by atoms with Gasteiger partial charge in [-0.15, -0.1) is 26.3 Å². The van der Waals surface area contributed by atoms with Gasteiger partial charge >= 0.3 is 12.7 Å². The number of benzene rings is 1. The molecular formula is C11H7BrF6O3. The van der Waals surface area contributed by atoms with Crippen molar-refractivity contribution in [2.75, 3.05) is 0 Å². The van der Waals surface area contributed by atoms with E-state index in [0.717, 1.165) is 19.1 Å². The third-order valence-electron chi connectivity index (χ3n) is 2.02.